The fourth-order valence-corrected chi connectivity index (χ4v) is 2.90. The van der Waals surface area contributed by atoms with Crippen LogP contribution in [0.25, 0.3) is 5.65 Å². The molecule has 0 amide bonds. The van der Waals surface area contributed by atoms with Crippen molar-refractivity contribution in [3.8, 4) is 0 Å². The molecule has 3 heterocycles. The first-order valence-electron chi connectivity index (χ1n) is 6.49. The minimum atomic E-state index is -0.535. The van der Waals surface area contributed by atoms with Gasteiger partial charge in [-0.15, -0.1) is 0 Å². The van der Waals surface area contributed by atoms with E-state index in [0.29, 0.717) is 30.5 Å². The Kier molecular flexibility index (Phi) is 1.94. The number of aliphatic hydroxyl groups is 1. The van der Waals surface area contributed by atoms with Crippen LogP contribution in [-0.4, -0.2) is 43.4 Å². The maximum Gasteiger partial charge on any atom is 0.349 e. The first-order chi connectivity index (χ1) is 9.07. The molecule has 0 spiro atoms. The SMILES string of the molecule is Cc1nc(N2CC(O)(C3CC3)C2)cc2n[nH]c(=O)n12. The molecule has 0 radical (unpaired) electrons. The van der Waals surface area contributed by atoms with Crippen LogP contribution in [0.5, 0.6) is 0 Å². The normalized spacial score (nSPS) is 21.7. The number of aromatic amines is 1. The van der Waals surface area contributed by atoms with E-state index in [1.165, 1.54) is 4.40 Å². The van der Waals surface area contributed by atoms with Crippen LogP contribution in [0.4, 0.5) is 5.82 Å². The van der Waals surface area contributed by atoms with Gasteiger partial charge in [-0.3, -0.25) is 0 Å². The highest BCUT2D eigenvalue weighted by Gasteiger charge is 2.52. The summed E-state index contributed by atoms with van der Waals surface area (Å²) in [5, 5.41) is 16.7. The van der Waals surface area contributed by atoms with Gasteiger partial charge in [0.15, 0.2) is 5.65 Å². The van der Waals surface area contributed by atoms with Gasteiger partial charge in [0, 0.05) is 6.07 Å². The van der Waals surface area contributed by atoms with Gasteiger partial charge in [0.25, 0.3) is 0 Å². The molecule has 1 saturated heterocycles. The highest BCUT2D eigenvalue weighted by atomic mass is 16.3. The highest BCUT2D eigenvalue weighted by molar-refractivity contribution is 5.54. The lowest BCUT2D eigenvalue weighted by molar-refractivity contribution is -0.00976. The number of anilines is 1. The Bertz CT molecular complexity index is 708. The number of aromatic nitrogens is 4. The van der Waals surface area contributed by atoms with E-state index in [1.54, 1.807) is 13.0 Å². The van der Waals surface area contributed by atoms with Crippen LogP contribution in [-0.2, 0) is 0 Å². The van der Waals surface area contributed by atoms with Gasteiger partial charge >= 0.3 is 5.69 Å². The molecule has 7 heteroatoms. The van der Waals surface area contributed by atoms with Crippen LogP contribution in [0.2, 0.25) is 0 Å². The van der Waals surface area contributed by atoms with Crippen LogP contribution in [0.3, 0.4) is 0 Å². The molecule has 100 valence electrons. The van der Waals surface area contributed by atoms with E-state index >= 15 is 0 Å². The lowest BCUT2D eigenvalue weighted by Crippen LogP contribution is -2.63. The summed E-state index contributed by atoms with van der Waals surface area (Å²) in [7, 11) is 0. The van der Waals surface area contributed by atoms with Crippen molar-refractivity contribution in [1.29, 1.82) is 0 Å². The number of H-pyrrole nitrogens is 1. The molecule has 4 rings (SSSR count). The van der Waals surface area contributed by atoms with Crippen LogP contribution in [0.15, 0.2) is 10.9 Å². The first kappa shape index (κ1) is 11.0. The van der Waals surface area contributed by atoms with Crippen LogP contribution >= 0.6 is 0 Å². The second-order valence-corrected chi connectivity index (χ2v) is 5.62. The second kappa shape index (κ2) is 3.36. The molecule has 2 N–H and O–H groups in total. The molecule has 7 nitrogen and oxygen atoms in total. The number of aryl methyl sites for hydroxylation is 1. The van der Waals surface area contributed by atoms with Crippen LogP contribution in [0, 0.1) is 12.8 Å². The molecule has 0 bridgehead atoms. The zero-order chi connectivity index (χ0) is 13.2. The molecule has 1 aliphatic heterocycles. The van der Waals surface area contributed by atoms with Crippen molar-refractivity contribution < 1.29 is 5.11 Å². The Morgan fingerprint density at radius 2 is 2.21 bits per heavy atom. The monoisotopic (exact) mass is 261 g/mol. The van der Waals surface area contributed by atoms with E-state index in [4.69, 9.17) is 0 Å². The van der Waals surface area contributed by atoms with E-state index in [0.717, 1.165) is 18.7 Å². The minimum absolute atomic E-state index is 0.273. The maximum absolute atomic E-state index is 11.5. The summed E-state index contributed by atoms with van der Waals surface area (Å²) in [6.45, 7) is 3.02. The molecule has 0 atom stereocenters. The third-order valence-electron chi connectivity index (χ3n) is 4.15. The number of fused-ring (bicyclic) bond motifs is 1. The summed E-state index contributed by atoms with van der Waals surface area (Å²) in [5.41, 5.74) is -0.244. The van der Waals surface area contributed by atoms with Crippen molar-refractivity contribution in [3.63, 3.8) is 0 Å². The molecule has 2 aliphatic rings. The van der Waals surface area contributed by atoms with Gasteiger partial charge < -0.3 is 10.0 Å². The van der Waals surface area contributed by atoms with Crippen molar-refractivity contribution in [3.05, 3.63) is 22.4 Å². The fraction of sp³-hybridized carbons (Fsp3) is 0.583. The molecule has 1 aliphatic carbocycles. The highest BCUT2D eigenvalue weighted by Crippen LogP contribution is 2.45. The van der Waals surface area contributed by atoms with E-state index in [9.17, 15) is 9.90 Å². The molecular formula is C12H15N5O2. The van der Waals surface area contributed by atoms with Gasteiger partial charge in [0.2, 0.25) is 0 Å². The van der Waals surface area contributed by atoms with Crippen molar-refractivity contribution in [2.24, 2.45) is 5.92 Å². The molecular weight excluding hydrogens is 246 g/mol. The van der Waals surface area contributed by atoms with Gasteiger partial charge in [0.05, 0.1) is 13.1 Å². The molecule has 2 fully saturated rings. The van der Waals surface area contributed by atoms with Crippen molar-refractivity contribution in [2.75, 3.05) is 18.0 Å². The van der Waals surface area contributed by atoms with Crippen molar-refractivity contribution in [1.82, 2.24) is 19.6 Å². The Morgan fingerprint density at radius 3 is 2.89 bits per heavy atom. The quantitative estimate of drug-likeness (QED) is 0.774. The Labute approximate surface area is 108 Å². The maximum atomic E-state index is 11.5. The van der Waals surface area contributed by atoms with Gasteiger partial charge in [0.1, 0.15) is 17.2 Å². The number of β-amino-alcohol motifs (C(OH)–C–C–N with tert-alkyl or cyclic N) is 1. The fourth-order valence-electron chi connectivity index (χ4n) is 2.90. The number of hydrogen-bond donors (Lipinski definition) is 2. The number of nitrogens with zero attached hydrogens (tertiary/aromatic N) is 4. The van der Waals surface area contributed by atoms with Crippen LogP contribution in [0.1, 0.15) is 18.7 Å². The van der Waals surface area contributed by atoms with E-state index in [2.05, 4.69) is 15.2 Å². The predicted octanol–water partition coefficient (Wildman–Crippen LogP) is -0.313. The predicted molar refractivity (Wildman–Crippen MR) is 68.2 cm³/mol. The zero-order valence-electron chi connectivity index (χ0n) is 10.6. The molecule has 2 aromatic rings. The second-order valence-electron chi connectivity index (χ2n) is 5.62. The minimum Gasteiger partial charge on any atom is -0.386 e. The Morgan fingerprint density at radius 1 is 1.47 bits per heavy atom. The van der Waals surface area contributed by atoms with E-state index < -0.39 is 5.60 Å². The number of rotatable bonds is 2. The number of nitrogens with one attached hydrogen (secondary N) is 1. The third-order valence-corrected chi connectivity index (χ3v) is 4.15. The smallest absolute Gasteiger partial charge is 0.349 e. The van der Waals surface area contributed by atoms with Gasteiger partial charge in [-0.25, -0.2) is 19.3 Å². The van der Waals surface area contributed by atoms with E-state index in [-0.39, 0.29) is 5.69 Å². The number of hydrogen-bond acceptors (Lipinski definition) is 5. The topological polar surface area (TPSA) is 86.5 Å². The summed E-state index contributed by atoms with van der Waals surface area (Å²) >= 11 is 0. The van der Waals surface area contributed by atoms with Gasteiger partial charge in [-0.05, 0) is 25.7 Å². The third kappa shape index (κ3) is 1.51. The van der Waals surface area contributed by atoms with Crippen molar-refractivity contribution in [2.45, 2.75) is 25.4 Å². The Hall–Kier alpha value is -1.89. The largest absolute Gasteiger partial charge is 0.386 e. The summed E-state index contributed by atoms with van der Waals surface area (Å²) in [5.74, 6) is 1.84. The van der Waals surface area contributed by atoms with E-state index in [1.807, 2.05) is 4.90 Å². The summed E-state index contributed by atoms with van der Waals surface area (Å²) in [6, 6.07) is 1.78. The van der Waals surface area contributed by atoms with Crippen LogP contribution < -0.4 is 10.6 Å². The average Bonchev–Trinajstić information content (AvgIpc) is 3.11. The summed E-state index contributed by atoms with van der Waals surface area (Å²) < 4.78 is 1.44. The van der Waals surface area contributed by atoms with Gasteiger partial charge in [-0.1, -0.05) is 0 Å². The molecule has 19 heavy (non-hydrogen) atoms. The molecule has 2 aromatic heterocycles. The van der Waals surface area contributed by atoms with Gasteiger partial charge in [-0.2, -0.15) is 5.10 Å². The first-order valence-corrected chi connectivity index (χ1v) is 6.49. The summed E-state index contributed by atoms with van der Waals surface area (Å²) in [6.07, 6.45) is 2.26. The zero-order valence-corrected chi connectivity index (χ0v) is 10.6. The Balaban J connectivity index is 1.67. The van der Waals surface area contributed by atoms with Crippen molar-refractivity contribution >= 4 is 11.5 Å². The summed E-state index contributed by atoms with van der Waals surface area (Å²) in [4.78, 5) is 18.0. The molecule has 1 saturated carbocycles. The standard InChI is InChI=1S/C12H15N5O2/c1-7-13-9(4-10-14-15-11(18)17(7)10)16-5-12(19,6-16)8-2-3-8/h4,8,19H,2-3,5-6H2,1H3,(H,15,18). The average molecular weight is 261 g/mol. The molecule has 0 aromatic carbocycles. The lowest BCUT2D eigenvalue weighted by Gasteiger charge is -2.47. The lowest BCUT2D eigenvalue weighted by atomic mass is 9.89. The molecule has 0 unspecified atom stereocenters.